The predicted octanol–water partition coefficient (Wildman–Crippen LogP) is -0.446. The van der Waals surface area contributed by atoms with E-state index in [1.165, 1.54) is 0 Å². The van der Waals surface area contributed by atoms with Gasteiger partial charge in [0.05, 0.1) is 11.6 Å². The van der Waals surface area contributed by atoms with E-state index in [0.717, 1.165) is 13.0 Å². The lowest BCUT2D eigenvalue weighted by molar-refractivity contribution is -0.146. The first kappa shape index (κ1) is 15.3. The molecule has 0 unspecified atom stereocenters. The number of amides is 2. The number of likely N-dealkylation sites (tertiary alicyclic amines) is 2. The summed E-state index contributed by atoms with van der Waals surface area (Å²) in [5.41, 5.74) is 5.21. The van der Waals surface area contributed by atoms with Gasteiger partial charge in [0.25, 0.3) is 0 Å². The number of aliphatic hydroxyl groups excluding tert-OH is 1. The highest BCUT2D eigenvalue weighted by Crippen LogP contribution is 2.40. The van der Waals surface area contributed by atoms with Crippen LogP contribution >= 0.6 is 0 Å². The first-order valence-electron chi connectivity index (χ1n) is 7.29. The smallest absolute Gasteiger partial charge is 0.237 e. The van der Waals surface area contributed by atoms with Crippen molar-refractivity contribution in [2.75, 3.05) is 19.6 Å². The minimum absolute atomic E-state index is 0.149. The highest BCUT2D eigenvalue weighted by molar-refractivity contribution is 5.82. The lowest BCUT2D eigenvalue weighted by Crippen LogP contribution is -2.73. The zero-order valence-electron chi connectivity index (χ0n) is 12.5. The largest absolute Gasteiger partial charge is 0.391 e. The standard InChI is InChI=1S/C14H25N3O3/c1-9(2)6-17-11(19)4-5-14(17)7-16(8-14)12(10(3)18)13(15)20/h9-10,12,18H,4-8H2,1-3H3,(H2,15,20)/t10-,12+/m1/s1. The fourth-order valence-corrected chi connectivity index (χ4v) is 3.49. The molecule has 0 aliphatic carbocycles. The van der Waals surface area contributed by atoms with Crippen molar-refractivity contribution >= 4 is 11.8 Å². The van der Waals surface area contributed by atoms with Crippen LogP contribution in [0.15, 0.2) is 0 Å². The van der Waals surface area contributed by atoms with Gasteiger partial charge < -0.3 is 15.7 Å². The Morgan fingerprint density at radius 3 is 2.45 bits per heavy atom. The number of nitrogens with zero attached hydrogens (tertiary/aromatic N) is 2. The van der Waals surface area contributed by atoms with Gasteiger partial charge in [0, 0.05) is 26.1 Å². The molecule has 2 aliphatic heterocycles. The van der Waals surface area contributed by atoms with Crippen LogP contribution < -0.4 is 5.73 Å². The van der Waals surface area contributed by atoms with Gasteiger partial charge in [-0.25, -0.2) is 0 Å². The first-order valence-corrected chi connectivity index (χ1v) is 7.29. The zero-order valence-corrected chi connectivity index (χ0v) is 12.5. The Bertz CT molecular complexity index is 402. The van der Waals surface area contributed by atoms with E-state index in [9.17, 15) is 14.7 Å². The van der Waals surface area contributed by atoms with Crippen molar-refractivity contribution in [3.8, 4) is 0 Å². The molecular weight excluding hydrogens is 258 g/mol. The Balaban J connectivity index is 2.06. The summed E-state index contributed by atoms with van der Waals surface area (Å²) in [7, 11) is 0. The van der Waals surface area contributed by atoms with Gasteiger partial charge in [-0.2, -0.15) is 0 Å². The molecule has 0 saturated carbocycles. The molecule has 2 saturated heterocycles. The van der Waals surface area contributed by atoms with E-state index >= 15 is 0 Å². The van der Waals surface area contributed by atoms with Gasteiger partial charge in [0.15, 0.2) is 0 Å². The van der Waals surface area contributed by atoms with Crippen molar-refractivity contribution in [2.24, 2.45) is 11.7 Å². The number of aliphatic hydroxyl groups is 1. The van der Waals surface area contributed by atoms with Crippen LogP contribution in [0.5, 0.6) is 0 Å². The van der Waals surface area contributed by atoms with Crippen LogP contribution in [-0.4, -0.2) is 64.0 Å². The van der Waals surface area contributed by atoms with Gasteiger partial charge in [-0.1, -0.05) is 13.8 Å². The Labute approximate surface area is 119 Å². The highest BCUT2D eigenvalue weighted by atomic mass is 16.3. The number of hydrogen-bond acceptors (Lipinski definition) is 4. The van der Waals surface area contributed by atoms with E-state index in [4.69, 9.17) is 5.73 Å². The van der Waals surface area contributed by atoms with Gasteiger partial charge in [-0.3, -0.25) is 14.5 Å². The van der Waals surface area contributed by atoms with Crippen LogP contribution in [-0.2, 0) is 9.59 Å². The van der Waals surface area contributed by atoms with Gasteiger partial charge in [-0.15, -0.1) is 0 Å². The number of carbonyl (C=O) groups is 2. The maximum atomic E-state index is 12.0. The molecule has 0 aromatic rings. The maximum absolute atomic E-state index is 12.0. The zero-order chi connectivity index (χ0) is 15.1. The lowest BCUT2D eigenvalue weighted by Gasteiger charge is -2.55. The third kappa shape index (κ3) is 2.54. The second-order valence-corrected chi connectivity index (χ2v) is 6.62. The summed E-state index contributed by atoms with van der Waals surface area (Å²) >= 11 is 0. The van der Waals surface area contributed by atoms with E-state index in [-0.39, 0.29) is 11.4 Å². The van der Waals surface area contributed by atoms with E-state index in [1.54, 1.807) is 6.92 Å². The normalized spacial score (nSPS) is 25.1. The topological polar surface area (TPSA) is 86.9 Å². The second-order valence-electron chi connectivity index (χ2n) is 6.62. The quantitative estimate of drug-likeness (QED) is 0.716. The molecule has 114 valence electrons. The van der Waals surface area contributed by atoms with E-state index in [2.05, 4.69) is 13.8 Å². The average Bonchev–Trinajstić information content (AvgIpc) is 2.56. The number of rotatable bonds is 5. The van der Waals surface area contributed by atoms with Crippen molar-refractivity contribution in [2.45, 2.75) is 51.3 Å². The number of nitrogens with two attached hydrogens (primary N) is 1. The van der Waals surface area contributed by atoms with E-state index in [1.807, 2.05) is 9.80 Å². The van der Waals surface area contributed by atoms with Gasteiger partial charge in [-0.05, 0) is 19.3 Å². The molecule has 2 heterocycles. The third-order valence-corrected chi connectivity index (χ3v) is 4.36. The minimum Gasteiger partial charge on any atom is -0.391 e. The van der Waals surface area contributed by atoms with Crippen LogP contribution in [0.4, 0.5) is 0 Å². The second kappa shape index (κ2) is 5.33. The van der Waals surface area contributed by atoms with Crippen LogP contribution in [0.1, 0.15) is 33.6 Å². The molecule has 3 N–H and O–H groups in total. The molecule has 20 heavy (non-hydrogen) atoms. The molecule has 2 rings (SSSR count). The number of primary amides is 1. The highest BCUT2D eigenvalue weighted by Gasteiger charge is 2.55. The summed E-state index contributed by atoms with van der Waals surface area (Å²) in [4.78, 5) is 27.3. The summed E-state index contributed by atoms with van der Waals surface area (Å²) in [6.45, 7) is 7.78. The van der Waals surface area contributed by atoms with Crippen LogP contribution in [0.3, 0.4) is 0 Å². The Hall–Kier alpha value is -1.14. The summed E-state index contributed by atoms with van der Waals surface area (Å²) in [5, 5.41) is 9.69. The third-order valence-electron chi connectivity index (χ3n) is 4.36. The molecule has 2 aliphatic rings. The molecule has 2 fully saturated rings. The molecule has 0 aromatic heterocycles. The predicted molar refractivity (Wildman–Crippen MR) is 74.8 cm³/mol. The Kier molecular flexibility index (Phi) is 4.07. The molecule has 0 radical (unpaired) electrons. The molecular formula is C14H25N3O3. The van der Waals surface area contributed by atoms with E-state index in [0.29, 0.717) is 25.4 Å². The summed E-state index contributed by atoms with van der Waals surface area (Å²) < 4.78 is 0. The van der Waals surface area contributed by atoms with E-state index < -0.39 is 18.1 Å². The molecule has 1 spiro atoms. The van der Waals surface area contributed by atoms with Crippen molar-refractivity contribution in [1.29, 1.82) is 0 Å². The average molecular weight is 283 g/mol. The van der Waals surface area contributed by atoms with Gasteiger partial charge >= 0.3 is 0 Å². The minimum atomic E-state index is -0.791. The monoisotopic (exact) mass is 283 g/mol. The van der Waals surface area contributed by atoms with Crippen molar-refractivity contribution < 1.29 is 14.7 Å². The van der Waals surface area contributed by atoms with Crippen LogP contribution in [0.25, 0.3) is 0 Å². The molecule has 0 bridgehead atoms. The molecule has 0 aromatic carbocycles. The lowest BCUT2D eigenvalue weighted by atomic mass is 9.84. The summed E-state index contributed by atoms with van der Waals surface area (Å²) in [6.07, 6.45) is 0.622. The first-order chi connectivity index (χ1) is 9.27. The van der Waals surface area contributed by atoms with Crippen molar-refractivity contribution in [3.05, 3.63) is 0 Å². The Morgan fingerprint density at radius 2 is 2.00 bits per heavy atom. The van der Waals surface area contributed by atoms with Crippen molar-refractivity contribution in [1.82, 2.24) is 9.80 Å². The van der Waals surface area contributed by atoms with Gasteiger partial charge in [0.2, 0.25) is 11.8 Å². The molecule has 2 atom stereocenters. The number of hydrogen-bond donors (Lipinski definition) is 2. The van der Waals surface area contributed by atoms with Gasteiger partial charge in [0.1, 0.15) is 6.04 Å². The fourth-order valence-electron chi connectivity index (χ4n) is 3.49. The fraction of sp³-hybridized carbons (Fsp3) is 0.857. The number of carbonyl (C=O) groups excluding carboxylic acids is 2. The summed E-state index contributed by atoms with van der Waals surface area (Å²) in [6, 6.07) is -0.655. The SMILES string of the molecule is CC(C)CN1C(=O)CCC12CN([C@H](C(N)=O)[C@@H](C)O)C2. The van der Waals surface area contributed by atoms with Crippen LogP contribution in [0, 0.1) is 5.92 Å². The molecule has 6 nitrogen and oxygen atoms in total. The molecule has 6 heteroatoms. The maximum Gasteiger partial charge on any atom is 0.237 e. The summed E-state index contributed by atoms with van der Waals surface area (Å²) in [5.74, 6) is 0.118. The van der Waals surface area contributed by atoms with Crippen LogP contribution in [0.2, 0.25) is 0 Å². The Morgan fingerprint density at radius 1 is 1.40 bits per heavy atom. The molecule has 2 amide bonds. The van der Waals surface area contributed by atoms with Crippen molar-refractivity contribution in [3.63, 3.8) is 0 Å².